The number of aliphatic hydroxyl groups excluding tert-OH is 2. The van der Waals surface area contributed by atoms with Crippen LogP contribution < -0.4 is 4.74 Å². The Kier molecular flexibility index (Phi) is 2.67. The third-order valence-corrected chi connectivity index (χ3v) is 2.10. The molecule has 4 nitrogen and oxygen atoms in total. The molecule has 2 rings (SSSR count). The van der Waals surface area contributed by atoms with E-state index in [0.717, 1.165) is 0 Å². The number of hydrogen-bond donors (Lipinski definition) is 2. The van der Waals surface area contributed by atoms with E-state index in [2.05, 4.69) is 0 Å². The second-order valence-corrected chi connectivity index (χ2v) is 3.19. The Morgan fingerprint density at radius 3 is 2.50 bits per heavy atom. The molecule has 0 amide bonds. The van der Waals surface area contributed by atoms with E-state index < -0.39 is 18.5 Å². The van der Waals surface area contributed by atoms with E-state index in [0.29, 0.717) is 5.75 Å². The topological polar surface area (TPSA) is 58.9 Å². The van der Waals surface area contributed by atoms with Gasteiger partial charge in [0.2, 0.25) is 6.29 Å². The lowest BCUT2D eigenvalue weighted by atomic mass is 10.2. The third-order valence-electron chi connectivity index (χ3n) is 2.10. The van der Waals surface area contributed by atoms with Crippen LogP contribution in [0.5, 0.6) is 5.75 Å². The summed E-state index contributed by atoms with van der Waals surface area (Å²) in [5.74, 6) is 0.616. The van der Waals surface area contributed by atoms with Crippen LogP contribution >= 0.6 is 0 Å². The van der Waals surface area contributed by atoms with E-state index >= 15 is 0 Å². The monoisotopic (exact) mass is 196 g/mol. The van der Waals surface area contributed by atoms with Crippen molar-refractivity contribution in [3.05, 3.63) is 30.3 Å². The number of benzene rings is 1. The molecule has 0 spiro atoms. The number of ether oxygens (including phenoxy) is 2. The first kappa shape index (κ1) is 9.45. The summed E-state index contributed by atoms with van der Waals surface area (Å²) in [5, 5.41) is 18.6. The van der Waals surface area contributed by atoms with Crippen molar-refractivity contribution in [3.63, 3.8) is 0 Å². The summed E-state index contributed by atoms with van der Waals surface area (Å²) in [7, 11) is 0. The highest BCUT2D eigenvalue weighted by molar-refractivity contribution is 5.21. The van der Waals surface area contributed by atoms with Gasteiger partial charge in [0, 0.05) is 0 Å². The first-order valence-electron chi connectivity index (χ1n) is 4.47. The number of hydrogen-bond acceptors (Lipinski definition) is 4. The zero-order chi connectivity index (χ0) is 9.97. The van der Waals surface area contributed by atoms with Gasteiger partial charge in [0.25, 0.3) is 0 Å². The second kappa shape index (κ2) is 3.96. The van der Waals surface area contributed by atoms with E-state index in [1.54, 1.807) is 12.1 Å². The van der Waals surface area contributed by atoms with Crippen LogP contribution in [0.3, 0.4) is 0 Å². The summed E-state index contributed by atoms with van der Waals surface area (Å²) < 4.78 is 10.4. The SMILES string of the molecule is OC1COC(Oc2ccccc2)C1O. The summed E-state index contributed by atoms with van der Waals surface area (Å²) in [4.78, 5) is 0. The maximum Gasteiger partial charge on any atom is 0.228 e. The van der Waals surface area contributed by atoms with Crippen LogP contribution in [-0.4, -0.2) is 35.3 Å². The molecule has 1 saturated heterocycles. The highest BCUT2D eigenvalue weighted by atomic mass is 16.7. The van der Waals surface area contributed by atoms with Crippen LogP contribution in [0.4, 0.5) is 0 Å². The molecule has 3 unspecified atom stereocenters. The van der Waals surface area contributed by atoms with Crippen molar-refractivity contribution in [1.82, 2.24) is 0 Å². The van der Waals surface area contributed by atoms with E-state index in [4.69, 9.17) is 9.47 Å². The van der Waals surface area contributed by atoms with Crippen molar-refractivity contribution in [2.45, 2.75) is 18.5 Å². The predicted octanol–water partition coefficient (Wildman–Crippen LogP) is 0.144. The molecule has 1 aliphatic heterocycles. The molecule has 0 radical (unpaired) electrons. The lowest BCUT2D eigenvalue weighted by Gasteiger charge is -2.16. The quantitative estimate of drug-likeness (QED) is 0.706. The minimum atomic E-state index is -0.977. The zero-order valence-corrected chi connectivity index (χ0v) is 7.54. The molecule has 4 heteroatoms. The third kappa shape index (κ3) is 1.87. The van der Waals surface area contributed by atoms with Crippen LogP contribution in [0.25, 0.3) is 0 Å². The molecular formula is C10H12O4. The Bertz CT molecular complexity index is 287. The van der Waals surface area contributed by atoms with Gasteiger partial charge < -0.3 is 19.7 Å². The molecule has 14 heavy (non-hydrogen) atoms. The van der Waals surface area contributed by atoms with Gasteiger partial charge in [-0.05, 0) is 12.1 Å². The van der Waals surface area contributed by atoms with E-state index in [1.807, 2.05) is 18.2 Å². The summed E-state index contributed by atoms with van der Waals surface area (Å²) in [5.41, 5.74) is 0. The molecule has 76 valence electrons. The molecule has 1 heterocycles. The Morgan fingerprint density at radius 2 is 1.93 bits per heavy atom. The fourth-order valence-electron chi connectivity index (χ4n) is 1.31. The van der Waals surface area contributed by atoms with Gasteiger partial charge in [0.15, 0.2) is 0 Å². The van der Waals surface area contributed by atoms with E-state index in [1.165, 1.54) is 0 Å². The largest absolute Gasteiger partial charge is 0.462 e. The van der Waals surface area contributed by atoms with Crippen LogP contribution in [0.1, 0.15) is 0 Å². The lowest BCUT2D eigenvalue weighted by Crippen LogP contribution is -2.33. The van der Waals surface area contributed by atoms with Gasteiger partial charge >= 0.3 is 0 Å². The van der Waals surface area contributed by atoms with Crippen LogP contribution in [0.2, 0.25) is 0 Å². The molecule has 1 aromatic carbocycles. The summed E-state index contributed by atoms with van der Waals surface area (Å²) >= 11 is 0. The summed E-state index contributed by atoms with van der Waals surface area (Å²) in [6, 6.07) is 9.05. The lowest BCUT2D eigenvalue weighted by molar-refractivity contribution is -0.0934. The van der Waals surface area contributed by atoms with Gasteiger partial charge in [-0.2, -0.15) is 0 Å². The fourth-order valence-corrected chi connectivity index (χ4v) is 1.31. The smallest absolute Gasteiger partial charge is 0.228 e. The van der Waals surface area contributed by atoms with Gasteiger partial charge in [-0.15, -0.1) is 0 Å². The number of para-hydroxylation sites is 1. The highest BCUT2D eigenvalue weighted by Gasteiger charge is 2.36. The average Bonchev–Trinajstić information content (AvgIpc) is 2.52. The molecule has 2 N–H and O–H groups in total. The predicted molar refractivity (Wildman–Crippen MR) is 48.8 cm³/mol. The van der Waals surface area contributed by atoms with Gasteiger partial charge in [0.1, 0.15) is 18.0 Å². The van der Waals surface area contributed by atoms with Crippen molar-refractivity contribution in [1.29, 1.82) is 0 Å². The van der Waals surface area contributed by atoms with Crippen LogP contribution in [0, 0.1) is 0 Å². The molecule has 0 saturated carbocycles. The number of rotatable bonds is 2. The molecule has 0 bridgehead atoms. The Morgan fingerprint density at radius 1 is 1.21 bits per heavy atom. The highest BCUT2D eigenvalue weighted by Crippen LogP contribution is 2.19. The maximum absolute atomic E-state index is 9.42. The minimum absolute atomic E-state index is 0.110. The van der Waals surface area contributed by atoms with Crippen molar-refractivity contribution in [2.75, 3.05) is 6.61 Å². The normalized spacial score (nSPS) is 31.7. The van der Waals surface area contributed by atoms with Gasteiger partial charge in [-0.3, -0.25) is 0 Å². The maximum atomic E-state index is 9.42. The second-order valence-electron chi connectivity index (χ2n) is 3.19. The fraction of sp³-hybridized carbons (Fsp3) is 0.400. The molecular weight excluding hydrogens is 184 g/mol. The van der Waals surface area contributed by atoms with Crippen molar-refractivity contribution >= 4 is 0 Å². The first-order valence-corrected chi connectivity index (χ1v) is 4.47. The van der Waals surface area contributed by atoms with Gasteiger partial charge in [-0.1, -0.05) is 18.2 Å². The van der Waals surface area contributed by atoms with Crippen LogP contribution in [-0.2, 0) is 4.74 Å². The van der Waals surface area contributed by atoms with Crippen molar-refractivity contribution in [2.24, 2.45) is 0 Å². The standard InChI is InChI=1S/C10H12O4/c11-8-6-13-10(9(8)12)14-7-4-2-1-3-5-7/h1-5,8-12H,6H2. The average molecular weight is 196 g/mol. The zero-order valence-electron chi connectivity index (χ0n) is 7.54. The molecule has 1 aliphatic rings. The molecule has 1 aromatic rings. The van der Waals surface area contributed by atoms with E-state index in [-0.39, 0.29) is 6.61 Å². The Hall–Kier alpha value is -1.10. The van der Waals surface area contributed by atoms with Gasteiger partial charge in [0.05, 0.1) is 6.61 Å². The minimum Gasteiger partial charge on any atom is -0.462 e. The Labute approximate surface area is 81.7 Å². The van der Waals surface area contributed by atoms with Crippen molar-refractivity contribution < 1.29 is 19.7 Å². The van der Waals surface area contributed by atoms with Crippen molar-refractivity contribution in [3.8, 4) is 5.75 Å². The van der Waals surface area contributed by atoms with E-state index in [9.17, 15) is 10.2 Å². The van der Waals surface area contributed by atoms with Gasteiger partial charge in [-0.25, -0.2) is 0 Å². The van der Waals surface area contributed by atoms with Crippen LogP contribution in [0.15, 0.2) is 30.3 Å². The summed E-state index contributed by atoms with van der Waals surface area (Å²) in [6.45, 7) is 0.110. The number of aliphatic hydroxyl groups is 2. The molecule has 3 atom stereocenters. The summed E-state index contributed by atoms with van der Waals surface area (Å²) in [6.07, 6.45) is -2.61. The first-order chi connectivity index (χ1) is 6.77. The molecule has 0 aliphatic carbocycles. The molecule has 1 fully saturated rings. The Balaban J connectivity index is 1.99. The molecule has 0 aromatic heterocycles.